The van der Waals surface area contributed by atoms with Gasteiger partial charge in [-0.3, -0.25) is 4.79 Å². The van der Waals surface area contributed by atoms with Crippen LogP contribution in [-0.4, -0.2) is 34.1 Å². The molecule has 0 bridgehead atoms. The van der Waals surface area contributed by atoms with Gasteiger partial charge >= 0.3 is 0 Å². The van der Waals surface area contributed by atoms with Gasteiger partial charge in [-0.15, -0.1) is 0 Å². The summed E-state index contributed by atoms with van der Waals surface area (Å²) in [6.07, 6.45) is 2.40. The van der Waals surface area contributed by atoms with Crippen LogP contribution in [0.4, 0.5) is 0 Å². The molecule has 30 heavy (non-hydrogen) atoms. The summed E-state index contributed by atoms with van der Waals surface area (Å²) in [5.74, 6) is 1.42. The minimum atomic E-state index is -0.0288. The Morgan fingerprint density at radius 2 is 1.93 bits per heavy atom. The zero-order valence-electron chi connectivity index (χ0n) is 16.4. The number of ether oxygens (including phenoxy) is 2. The number of hydrogen-bond acceptors (Lipinski definition) is 4. The first kappa shape index (κ1) is 18.2. The monoisotopic (exact) mass is 399 g/mol. The summed E-state index contributed by atoms with van der Waals surface area (Å²) in [6.45, 7) is 1.24. The molecule has 0 radical (unpaired) electrons. The van der Waals surface area contributed by atoms with Crippen molar-refractivity contribution < 1.29 is 14.3 Å². The second-order valence-corrected chi connectivity index (χ2v) is 7.25. The molecule has 1 aliphatic rings. The number of carbonyl (C=O) groups is 1. The first-order valence-electron chi connectivity index (χ1n) is 9.92. The molecule has 1 amide bonds. The number of nitrogens with zero attached hydrogens (tertiary/aromatic N) is 2. The van der Waals surface area contributed by atoms with Crippen molar-refractivity contribution in [3.05, 3.63) is 89.7 Å². The molecule has 0 aliphatic carbocycles. The summed E-state index contributed by atoms with van der Waals surface area (Å²) in [6, 6.07) is 21.5. The van der Waals surface area contributed by atoms with E-state index in [2.05, 4.69) is 22.1 Å². The lowest BCUT2D eigenvalue weighted by atomic mass is 10.1. The van der Waals surface area contributed by atoms with Crippen LogP contribution in [0.25, 0.3) is 11.0 Å². The van der Waals surface area contributed by atoms with Crippen LogP contribution in [0.15, 0.2) is 73.1 Å². The molecular formula is C24H21N3O3. The van der Waals surface area contributed by atoms with E-state index >= 15 is 0 Å². The average Bonchev–Trinajstić information content (AvgIpc) is 3.46. The largest absolute Gasteiger partial charge is 0.454 e. The van der Waals surface area contributed by atoms with E-state index < -0.39 is 0 Å². The summed E-state index contributed by atoms with van der Waals surface area (Å²) < 4.78 is 11.2. The first-order chi connectivity index (χ1) is 14.8. The van der Waals surface area contributed by atoms with Crippen molar-refractivity contribution in [2.45, 2.75) is 13.0 Å². The van der Waals surface area contributed by atoms with E-state index in [0.29, 0.717) is 18.7 Å². The standard InChI is InChI=1S/C24H21N3O3/c28-24(18-9-10-20-21(13-18)26-15-25-20)27(12-11-17-5-2-1-3-6-17)14-19-7-4-8-22-23(19)30-16-29-22/h1-10,13,15H,11-12,14,16H2,(H,25,26). The Labute approximate surface area is 174 Å². The van der Waals surface area contributed by atoms with Crippen molar-refractivity contribution in [2.75, 3.05) is 13.3 Å². The number of hydrogen-bond donors (Lipinski definition) is 1. The van der Waals surface area contributed by atoms with Gasteiger partial charge < -0.3 is 19.4 Å². The fraction of sp³-hybridized carbons (Fsp3) is 0.167. The topological polar surface area (TPSA) is 67.5 Å². The van der Waals surface area contributed by atoms with Crippen molar-refractivity contribution in [3.8, 4) is 11.5 Å². The van der Waals surface area contributed by atoms with Crippen molar-refractivity contribution in [2.24, 2.45) is 0 Å². The number of para-hydroxylation sites is 1. The SMILES string of the molecule is O=C(c1ccc2nc[nH]c2c1)N(CCc1ccccc1)Cc1cccc2c1OCO2. The van der Waals surface area contributed by atoms with Gasteiger partial charge in [0.1, 0.15) is 0 Å². The predicted molar refractivity (Wildman–Crippen MR) is 114 cm³/mol. The zero-order chi connectivity index (χ0) is 20.3. The Hall–Kier alpha value is -3.80. The zero-order valence-corrected chi connectivity index (χ0v) is 16.4. The maximum Gasteiger partial charge on any atom is 0.254 e. The molecule has 0 spiro atoms. The van der Waals surface area contributed by atoms with Gasteiger partial charge in [0, 0.05) is 24.2 Å². The number of fused-ring (bicyclic) bond motifs is 2. The van der Waals surface area contributed by atoms with Crippen molar-refractivity contribution in [3.63, 3.8) is 0 Å². The number of benzene rings is 3. The van der Waals surface area contributed by atoms with Gasteiger partial charge in [-0.2, -0.15) is 0 Å². The molecule has 0 saturated carbocycles. The van der Waals surface area contributed by atoms with Crippen LogP contribution >= 0.6 is 0 Å². The van der Waals surface area contributed by atoms with E-state index in [-0.39, 0.29) is 12.7 Å². The molecule has 150 valence electrons. The van der Waals surface area contributed by atoms with Crippen LogP contribution in [0.2, 0.25) is 0 Å². The lowest BCUT2D eigenvalue weighted by molar-refractivity contribution is 0.0744. The van der Waals surface area contributed by atoms with E-state index in [1.165, 1.54) is 5.56 Å². The molecular weight excluding hydrogens is 378 g/mol. The lowest BCUT2D eigenvalue weighted by Gasteiger charge is -2.24. The van der Waals surface area contributed by atoms with Gasteiger partial charge in [-0.1, -0.05) is 42.5 Å². The molecule has 0 unspecified atom stereocenters. The minimum Gasteiger partial charge on any atom is -0.454 e. The van der Waals surface area contributed by atoms with Gasteiger partial charge in [0.05, 0.1) is 17.4 Å². The average molecular weight is 399 g/mol. The van der Waals surface area contributed by atoms with Crippen LogP contribution in [0.3, 0.4) is 0 Å². The van der Waals surface area contributed by atoms with Crippen LogP contribution in [-0.2, 0) is 13.0 Å². The third-order valence-corrected chi connectivity index (χ3v) is 5.31. The normalized spacial score (nSPS) is 12.3. The van der Waals surface area contributed by atoms with Crippen LogP contribution < -0.4 is 9.47 Å². The molecule has 5 rings (SSSR count). The van der Waals surface area contributed by atoms with E-state index in [1.54, 1.807) is 6.33 Å². The van der Waals surface area contributed by atoms with Gasteiger partial charge in [-0.25, -0.2) is 4.98 Å². The van der Waals surface area contributed by atoms with Gasteiger partial charge in [0.25, 0.3) is 5.91 Å². The van der Waals surface area contributed by atoms with Gasteiger partial charge in [0.15, 0.2) is 11.5 Å². The maximum atomic E-state index is 13.5. The summed E-state index contributed by atoms with van der Waals surface area (Å²) in [7, 11) is 0. The molecule has 3 aromatic carbocycles. The second-order valence-electron chi connectivity index (χ2n) is 7.25. The van der Waals surface area contributed by atoms with Gasteiger partial charge in [-0.05, 0) is 36.2 Å². The third-order valence-electron chi connectivity index (χ3n) is 5.31. The Balaban J connectivity index is 1.44. The molecule has 4 aromatic rings. The van der Waals surface area contributed by atoms with Crippen LogP contribution in [0, 0.1) is 0 Å². The molecule has 2 heterocycles. The molecule has 0 saturated heterocycles. The minimum absolute atomic E-state index is 0.0288. The highest BCUT2D eigenvalue weighted by Crippen LogP contribution is 2.36. The summed E-state index contributed by atoms with van der Waals surface area (Å²) >= 11 is 0. The van der Waals surface area contributed by atoms with Crippen molar-refractivity contribution in [1.82, 2.24) is 14.9 Å². The highest BCUT2D eigenvalue weighted by Gasteiger charge is 2.22. The Morgan fingerprint density at radius 1 is 1.03 bits per heavy atom. The Bertz CT molecular complexity index is 1190. The van der Waals surface area contributed by atoms with E-state index in [0.717, 1.165) is 34.5 Å². The van der Waals surface area contributed by atoms with E-state index in [9.17, 15) is 4.79 Å². The predicted octanol–water partition coefficient (Wildman–Crippen LogP) is 4.18. The fourth-order valence-electron chi connectivity index (χ4n) is 3.73. The molecule has 1 aromatic heterocycles. The number of nitrogens with one attached hydrogen (secondary N) is 1. The van der Waals surface area contributed by atoms with Crippen LogP contribution in [0.1, 0.15) is 21.5 Å². The smallest absolute Gasteiger partial charge is 0.254 e. The molecule has 0 fully saturated rings. The number of rotatable bonds is 6. The Kier molecular flexibility index (Phi) is 4.81. The van der Waals surface area contributed by atoms with Gasteiger partial charge in [0.2, 0.25) is 6.79 Å². The number of aromatic amines is 1. The Morgan fingerprint density at radius 3 is 2.83 bits per heavy atom. The molecule has 0 atom stereocenters. The number of H-pyrrole nitrogens is 1. The number of amides is 1. The quantitative estimate of drug-likeness (QED) is 0.528. The van der Waals surface area contributed by atoms with Crippen molar-refractivity contribution >= 4 is 16.9 Å². The summed E-state index contributed by atoms with van der Waals surface area (Å²) in [5.41, 5.74) is 4.45. The lowest BCUT2D eigenvalue weighted by Crippen LogP contribution is -2.32. The number of imidazole rings is 1. The first-order valence-corrected chi connectivity index (χ1v) is 9.92. The second kappa shape index (κ2) is 7.91. The number of carbonyl (C=O) groups excluding carboxylic acids is 1. The van der Waals surface area contributed by atoms with Crippen molar-refractivity contribution in [1.29, 1.82) is 0 Å². The molecule has 1 aliphatic heterocycles. The maximum absolute atomic E-state index is 13.5. The molecule has 6 heteroatoms. The summed E-state index contributed by atoms with van der Waals surface area (Å²) in [4.78, 5) is 22.6. The molecule has 6 nitrogen and oxygen atoms in total. The summed E-state index contributed by atoms with van der Waals surface area (Å²) in [5, 5.41) is 0. The van der Waals surface area contributed by atoms with E-state index in [4.69, 9.17) is 9.47 Å². The van der Waals surface area contributed by atoms with E-state index in [1.807, 2.05) is 59.5 Å². The molecule has 1 N–H and O–H groups in total. The highest BCUT2D eigenvalue weighted by atomic mass is 16.7. The number of aromatic nitrogens is 2. The third kappa shape index (κ3) is 3.59. The van der Waals surface area contributed by atoms with Crippen LogP contribution in [0.5, 0.6) is 11.5 Å². The fourth-order valence-corrected chi connectivity index (χ4v) is 3.73. The highest BCUT2D eigenvalue weighted by molar-refractivity contribution is 5.97.